The van der Waals surface area contributed by atoms with E-state index in [4.69, 9.17) is 8.92 Å². The van der Waals surface area contributed by atoms with Crippen molar-refractivity contribution in [1.29, 1.82) is 0 Å². The Labute approximate surface area is 197 Å². The number of amides is 2. The molecule has 1 heterocycles. The van der Waals surface area contributed by atoms with Crippen LogP contribution < -0.4 is 14.2 Å². The van der Waals surface area contributed by atoms with Crippen LogP contribution in [0.2, 0.25) is 0 Å². The van der Waals surface area contributed by atoms with Gasteiger partial charge in [-0.05, 0) is 56.7 Å². The topological polar surface area (TPSA) is 80.8 Å². The molecule has 2 saturated carbocycles. The number of ether oxygens (including phenoxy) is 1. The van der Waals surface area contributed by atoms with Crippen LogP contribution in [0.4, 0.5) is 4.39 Å². The number of benzene rings is 1. The summed E-state index contributed by atoms with van der Waals surface area (Å²) < 4.78 is 25.1. The SMILES string of the molecule is CSOc1cccc(Oc2ncc(F)cc2C(=O)NC2CCC(N(C(C)=O)C3CC3)CC2)c1. The molecule has 2 aromatic rings. The Balaban J connectivity index is 1.41. The van der Waals surface area contributed by atoms with Crippen LogP contribution in [0.5, 0.6) is 17.4 Å². The Bertz CT molecular complexity index is 1010. The summed E-state index contributed by atoms with van der Waals surface area (Å²) in [4.78, 5) is 31.1. The summed E-state index contributed by atoms with van der Waals surface area (Å²) in [6.07, 6.45) is 8.19. The smallest absolute Gasteiger partial charge is 0.257 e. The highest BCUT2D eigenvalue weighted by Gasteiger charge is 2.37. The van der Waals surface area contributed by atoms with E-state index in [2.05, 4.69) is 10.3 Å². The number of hydrogen-bond acceptors (Lipinski definition) is 6. The van der Waals surface area contributed by atoms with E-state index in [1.165, 1.54) is 12.0 Å². The Morgan fingerprint density at radius 1 is 1.09 bits per heavy atom. The molecule has 0 radical (unpaired) electrons. The van der Waals surface area contributed by atoms with Gasteiger partial charge in [0, 0.05) is 37.4 Å². The van der Waals surface area contributed by atoms with Crippen molar-refractivity contribution in [3.05, 3.63) is 47.9 Å². The maximum Gasteiger partial charge on any atom is 0.257 e. The van der Waals surface area contributed by atoms with Crippen molar-refractivity contribution >= 4 is 23.9 Å². The third-order valence-electron chi connectivity index (χ3n) is 5.99. The normalized spacial score (nSPS) is 20.1. The largest absolute Gasteiger partial charge is 0.438 e. The van der Waals surface area contributed by atoms with E-state index in [1.54, 1.807) is 37.4 Å². The number of rotatable bonds is 8. The molecule has 4 rings (SSSR count). The summed E-state index contributed by atoms with van der Waals surface area (Å²) in [7, 11) is 0. The van der Waals surface area contributed by atoms with Crippen molar-refractivity contribution in [2.75, 3.05) is 6.26 Å². The highest BCUT2D eigenvalue weighted by atomic mass is 32.2. The van der Waals surface area contributed by atoms with Crippen LogP contribution >= 0.6 is 12.0 Å². The third kappa shape index (κ3) is 5.96. The lowest BCUT2D eigenvalue weighted by Gasteiger charge is -2.37. The zero-order valence-corrected chi connectivity index (χ0v) is 19.6. The predicted molar refractivity (Wildman–Crippen MR) is 124 cm³/mol. The summed E-state index contributed by atoms with van der Waals surface area (Å²) >= 11 is 1.20. The minimum Gasteiger partial charge on any atom is -0.438 e. The molecule has 0 atom stereocenters. The summed E-state index contributed by atoms with van der Waals surface area (Å²) in [5.74, 6) is 0.139. The van der Waals surface area contributed by atoms with E-state index in [0.717, 1.165) is 50.8 Å². The van der Waals surface area contributed by atoms with Gasteiger partial charge in [-0.15, -0.1) is 0 Å². The fraction of sp³-hybridized carbons (Fsp3) is 0.458. The monoisotopic (exact) mass is 473 g/mol. The van der Waals surface area contributed by atoms with Crippen molar-refractivity contribution in [2.45, 2.75) is 63.6 Å². The lowest BCUT2D eigenvalue weighted by Crippen LogP contribution is -2.46. The molecule has 0 spiro atoms. The summed E-state index contributed by atoms with van der Waals surface area (Å²) in [6, 6.07) is 8.63. The van der Waals surface area contributed by atoms with Gasteiger partial charge in [-0.1, -0.05) is 6.07 Å². The van der Waals surface area contributed by atoms with Crippen LogP contribution in [-0.4, -0.2) is 46.1 Å². The first-order chi connectivity index (χ1) is 15.9. The molecular weight excluding hydrogens is 445 g/mol. The number of nitrogens with zero attached hydrogens (tertiary/aromatic N) is 2. The highest BCUT2D eigenvalue weighted by molar-refractivity contribution is 7.94. The second kappa shape index (κ2) is 10.4. The number of pyridine rings is 1. The molecule has 33 heavy (non-hydrogen) atoms. The summed E-state index contributed by atoms with van der Waals surface area (Å²) in [6.45, 7) is 1.63. The van der Waals surface area contributed by atoms with Crippen LogP contribution in [-0.2, 0) is 4.79 Å². The lowest BCUT2D eigenvalue weighted by molar-refractivity contribution is -0.132. The zero-order valence-electron chi connectivity index (χ0n) is 18.8. The molecule has 0 saturated heterocycles. The number of hydrogen-bond donors (Lipinski definition) is 1. The molecule has 1 aromatic carbocycles. The van der Waals surface area contributed by atoms with E-state index in [-0.39, 0.29) is 29.4 Å². The quantitative estimate of drug-likeness (QED) is 0.559. The molecule has 176 valence electrons. The van der Waals surface area contributed by atoms with Crippen molar-refractivity contribution < 1.29 is 22.9 Å². The minimum absolute atomic E-state index is 0.0281. The second-order valence-corrected chi connectivity index (χ2v) is 8.97. The fourth-order valence-electron chi connectivity index (χ4n) is 4.39. The van der Waals surface area contributed by atoms with E-state index < -0.39 is 11.7 Å². The third-order valence-corrected chi connectivity index (χ3v) is 6.35. The van der Waals surface area contributed by atoms with Gasteiger partial charge in [-0.2, -0.15) is 0 Å². The molecule has 9 heteroatoms. The average molecular weight is 474 g/mol. The van der Waals surface area contributed by atoms with Gasteiger partial charge in [-0.3, -0.25) is 9.59 Å². The Kier molecular flexibility index (Phi) is 7.37. The maximum absolute atomic E-state index is 13.9. The molecular formula is C24H28FN3O4S. The van der Waals surface area contributed by atoms with E-state index in [1.807, 2.05) is 4.90 Å². The highest BCUT2D eigenvalue weighted by Crippen LogP contribution is 2.34. The van der Waals surface area contributed by atoms with Gasteiger partial charge < -0.3 is 19.1 Å². The molecule has 0 bridgehead atoms. The molecule has 2 fully saturated rings. The molecule has 1 N–H and O–H groups in total. The number of aromatic nitrogens is 1. The number of carbonyl (C=O) groups excluding carboxylic acids is 2. The minimum atomic E-state index is -0.614. The van der Waals surface area contributed by atoms with E-state index >= 15 is 0 Å². The maximum atomic E-state index is 13.9. The van der Waals surface area contributed by atoms with Crippen LogP contribution in [0.1, 0.15) is 55.8 Å². The number of nitrogens with one attached hydrogen (secondary N) is 1. The van der Waals surface area contributed by atoms with Gasteiger partial charge in [-0.25, -0.2) is 9.37 Å². The number of halogens is 1. The van der Waals surface area contributed by atoms with Gasteiger partial charge in [0.15, 0.2) is 0 Å². The molecule has 0 unspecified atom stereocenters. The second-order valence-electron chi connectivity index (χ2n) is 8.47. The van der Waals surface area contributed by atoms with Gasteiger partial charge in [0.05, 0.1) is 18.2 Å². The van der Waals surface area contributed by atoms with Crippen LogP contribution in [0.15, 0.2) is 36.5 Å². The van der Waals surface area contributed by atoms with E-state index in [9.17, 15) is 14.0 Å². The molecule has 2 aliphatic carbocycles. The zero-order chi connectivity index (χ0) is 23.4. The average Bonchev–Trinajstić information content (AvgIpc) is 3.61. The molecule has 1 aromatic heterocycles. The standard InChI is InChI=1S/C24H28FN3O4S/c1-15(29)28(19-10-11-19)18-8-6-17(7-9-18)27-23(30)22-12-16(25)14-26-24(22)31-20-4-3-5-21(13-20)32-33-2/h3-5,12-14,17-19H,6-11H2,1-2H3,(H,27,30). The molecule has 2 aliphatic rings. The summed E-state index contributed by atoms with van der Waals surface area (Å²) in [5, 5.41) is 3.00. The molecule has 0 aliphatic heterocycles. The van der Waals surface area contributed by atoms with Gasteiger partial charge >= 0.3 is 0 Å². The van der Waals surface area contributed by atoms with Gasteiger partial charge in [0.1, 0.15) is 22.9 Å². The lowest BCUT2D eigenvalue weighted by atomic mass is 9.89. The van der Waals surface area contributed by atoms with Crippen molar-refractivity contribution in [2.24, 2.45) is 0 Å². The summed E-state index contributed by atoms with van der Waals surface area (Å²) in [5.41, 5.74) is 0.0386. The van der Waals surface area contributed by atoms with Crippen LogP contribution in [0, 0.1) is 5.82 Å². The van der Waals surface area contributed by atoms with Gasteiger partial charge in [0.2, 0.25) is 11.8 Å². The first-order valence-electron chi connectivity index (χ1n) is 11.2. The Morgan fingerprint density at radius 2 is 1.76 bits per heavy atom. The van der Waals surface area contributed by atoms with Crippen molar-refractivity contribution in [3.63, 3.8) is 0 Å². The molecule has 2 amide bonds. The van der Waals surface area contributed by atoms with Gasteiger partial charge in [0.25, 0.3) is 5.91 Å². The first-order valence-corrected chi connectivity index (χ1v) is 12.3. The Morgan fingerprint density at radius 3 is 2.39 bits per heavy atom. The Hall–Kier alpha value is -2.81. The molecule has 7 nitrogen and oxygen atoms in total. The van der Waals surface area contributed by atoms with Crippen LogP contribution in [0.25, 0.3) is 0 Å². The predicted octanol–water partition coefficient (Wildman–Crippen LogP) is 4.72. The van der Waals surface area contributed by atoms with Crippen molar-refractivity contribution in [3.8, 4) is 17.4 Å². The van der Waals surface area contributed by atoms with Crippen molar-refractivity contribution in [1.82, 2.24) is 15.2 Å². The fourth-order valence-corrected chi connectivity index (χ4v) is 4.69. The van der Waals surface area contributed by atoms with Crippen LogP contribution in [0.3, 0.4) is 0 Å². The van der Waals surface area contributed by atoms with E-state index in [0.29, 0.717) is 17.5 Å². The first kappa shape index (κ1) is 23.4. The number of carbonyl (C=O) groups is 2.